The highest BCUT2D eigenvalue weighted by Gasteiger charge is 2.19. The Balaban J connectivity index is 2.19. The lowest BCUT2D eigenvalue weighted by Crippen LogP contribution is -2.34. The Morgan fingerprint density at radius 1 is 1.20 bits per heavy atom. The number of hydrogen-bond donors (Lipinski definition) is 2. The average Bonchev–Trinajstić information content (AvgIpc) is 2.84. The predicted octanol–water partition coefficient (Wildman–Crippen LogP) is 3.69. The smallest absolute Gasteiger partial charge is 0.407 e. The molecule has 0 saturated carbocycles. The zero-order chi connectivity index (χ0) is 18.6. The average molecular weight is 344 g/mol. The molecule has 1 aromatic carbocycles. The zero-order valence-electron chi connectivity index (χ0n) is 15.0. The third-order valence-corrected chi connectivity index (χ3v) is 3.67. The van der Waals surface area contributed by atoms with Crippen molar-refractivity contribution in [3.8, 4) is 11.3 Å². The molecule has 0 aliphatic carbocycles. The predicted molar refractivity (Wildman–Crippen MR) is 95.8 cm³/mol. The molecule has 6 heteroatoms. The molecule has 0 atom stereocenters. The fourth-order valence-electron chi connectivity index (χ4n) is 2.58. The molecule has 0 fully saturated rings. The second-order valence-electron chi connectivity index (χ2n) is 6.78. The van der Waals surface area contributed by atoms with Crippen LogP contribution in [0, 0.1) is 6.92 Å². The minimum Gasteiger partial charge on any atom is -0.478 e. The first kappa shape index (κ1) is 18.6. The van der Waals surface area contributed by atoms with Crippen LogP contribution in [0.4, 0.5) is 4.79 Å². The van der Waals surface area contributed by atoms with Gasteiger partial charge in [-0.1, -0.05) is 30.3 Å². The van der Waals surface area contributed by atoms with Crippen molar-refractivity contribution < 1.29 is 19.4 Å². The molecule has 0 unspecified atom stereocenters. The van der Waals surface area contributed by atoms with Crippen molar-refractivity contribution in [2.45, 2.75) is 39.8 Å². The molecule has 0 aliphatic heterocycles. The molecule has 0 saturated heterocycles. The first-order valence-electron chi connectivity index (χ1n) is 8.15. The molecule has 134 valence electrons. The molecule has 25 heavy (non-hydrogen) atoms. The fourth-order valence-corrected chi connectivity index (χ4v) is 2.58. The van der Waals surface area contributed by atoms with Gasteiger partial charge in [0.05, 0.1) is 5.56 Å². The van der Waals surface area contributed by atoms with Gasteiger partial charge in [0, 0.05) is 24.5 Å². The number of aromatic carboxylic acids is 1. The minimum atomic E-state index is -0.964. The van der Waals surface area contributed by atoms with E-state index in [2.05, 4.69) is 5.32 Å². The molecule has 0 radical (unpaired) electrons. The summed E-state index contributed by atoms with van der Waals surface area (Å²) in [5, 5.41) is 12.1. The number of aromatic nitrogens is 1. The van der Waals surface area contributed by atoms with Gasteiger partial charge >= 0.3 is 12.1 Å². The zero-order valence-corrected chi connectivity index (χ0v) is 15.0. The Labute approximate surface area is 147 Å². The largest absolute Gasteiger partial charge is 0.478 e. The van der Waals surface area contributed by atoms with Crippen molar-refractivity contribution in [1.82, 2.24) is 9.88 Å². The summed E-state index contributed by atoms with van der Waals surface area (Å²) in [4.78, 5) is 23.2. The molecule has 1 aromatic heterocycles. The summed E-state index contributed by atoms with van der Waals surface area (Å²) in [6, 6.07) is 11.2. The second kappa shape index (κ2) is 7.42. The van der Waals surface area contributed by atoms with E-state index in [1.165, 1.54) is 0 Å². The van der Waals surface area contributed by atoms with E-state index in [-0.39, 0.29) is 5.56 Å². The summed E-state index contributed by atoms with van der Waals surface area (Å²) in [5.41, 5.74) is 2.09. The number of carbonyl (C=O) groups excluding carboxylic acids is 1. The number of benzene rings is 1. The summed E-state index contributed by atoms with van der Waals surface area (Å²) in [6.45, 7) is 7.95. The lowest BCUT2D eigenvalue weighted by Gasteiger charge is -2.20. The summed E-state index contributed by atoms with van der Waals surface area (Å²) >= 11 is 0. The summed E-state index contributed by atoms with van der Waals surface area (Å²) < 4.78 is 7.11. The van der Waals surface area contributed by atoms with Gasteiger partial charge in [-0.3, -0.25) is 0 Å². The highest BCUT2D eigenvalue weighted by atomic mass is 16.6. The van der Waals surface area contributed by atoms with Crippen LogP contribution in [0.25, 0.3) is 11.3 Å². The third kappa shape index (κ3) is 4.86. The summed E-state index contributed by atoms with van der Waals surface area (Å²) in [7, 11) is 0. The SMILES string of the molecule is Cc1c(C(=O)O)cc(-c2ccccc2)n1CCNC(=O)OC(C)(C)C. The van der Waals surface area contributed by atoms with E-state index < -0.39 is 17.7 Å². The summed E-state index contributed by atoms with van der Waals surface area (Å²) in [5.74, 6) is -0.964. The van der Waals surface area contributed by atoms with Crippen molar-refractivity contribution in [2.75, 3.05) is 6.54 Å². The van der Waals surface area contributed by atoms with E-state index in [4.69, 9.17) is 4.74 Å². The maximum atomic E-state index is 11.8. The first-order chi connectivity index (χ1) is 11.7. The van der Waals surface area contributed by atoms with Gasteiger partial charge in [-0.05, 0) is 39.3 Å². The summed E-state index contributed by atoms with van der Waals surface area (Å²) in [6.07, 6.45) is -0.489. The molecule has 2 rings (SSSR count). The minimum absolute atomic E-state index is 0.260. The number of nitrogens with zero attached hydrogens (tertiary/aromatic N) is 1. The van der Waals surface area contributed by atoms with Crippen LogP contribution in [-0.2, 0) is 11.3 Å². The number of rotatable bonds is 5. The molecule has 2 N–H and O–H groups in total. The van der Waals surface area contributed by atoms with Gasteiger partial charge in [0.15, 0.2) is 0 Å². The van der Waals surface area contributed by atoms with Crippen molar-refractivity contribution in [3.63, 3.8) is 0 Å². The third-order valence-electron chi connectivity index (χ3n) is 3.67. The second-order valence-corrected chi connectivity index (χ2v) is 6.78. The van der Waals surface area contributed by atoms with E-state index in [1.807, 2.05) is 34.9 Å². The Morgan fingerprint density at radius 2 is 1.84 bits per heavy atom. The quantitative estimate of drug-likeness (QED) is 0.867. The molecule has 1 amide bonds. The number of ether oxygens (including phenoxy) is 1. The standard InChI is InChI=1S/C19H24N2O4/c1-13-15(17(22)23)12-16(14-8-6-5-7-9-14)21(13)11-10-20-18(24)25-19(2,3)4/h5-9,12H,10-11H2,1-4H3,(H,20,24)(H,22,23). The van der Waals surface area contributed by atoms with Crippen LogP contribution in [0.1, 0.15) is 36.8 Å². The van der Waals surface area contributed by atoms with Crippen LogP contribution in [0.3, 0.4) is 0 Å². The maximum absolute atomic E-state index is 11.8. The first-order valence-corrected chi connectivity index (χ1v) is 8.15. The van der Waals surface area contributed by atoms with Crippen LogP contribution in [0.15, 0.2) is 36.4 Å². The number of nitrogens with one attached hydrogen (secondary N) is 1. The fraction of sp³-hybridized carbons (Fsp3) is 0.368. The van der Waals surface area contributed by atoms with Gasteiger partial charge in [0.1, 0.15) is 5.60 Å². The van der Waals surface area contributed by atoms with E-state index in [1.54, 1.807) is 33.8 Å². The van der Waals surface area contributed by atoms with Gasteiger partial charge in [0.25, 0.3) is 0 Å². The molecule has 1 heterocycles. The van der Waals surface area contributed by atoms with Gasteiger partial charge < -0.3 is 19.7 Å². The van der Waals surface area contributed by atoms with Gasteiger partial charge in [-0.2, -0.15) is 0 Å². The Kier molecular flexibility index (Phi) is 5.51. The normalized spacial score (nSPS) is 11.2. The van der Waals surface area contributed by atoms with Crippen molar-refractivity contribution in [1.29, 1.82) is 0 Å². The number of alkyl carbamates (subject to hydrolysis) is 1. The van der Waals surface area contributed by atoms with Crippen LogP contribution in [0.5, 0.6) is 0 Å². The number of hydrogen-bond acceptors (Lipinski definition) is 3. The van der Waals surface area contributed by atoms with Gasteiger partial charge in [-0.25, -0.2) is 9.59 Å². The highest BCUT2D eigenvalue weighted by Crippen LogP contribution is 2.25. The lowest BCUT2D eigenvalue weighted by atomic mass is 10.1. The molecule has 0 bridgehead atoms. The number of carbonyl (C=O) groups is 2. The topological polar surface area (TPSA) is 80.6 Å². The van der Waals surface area contributed by atoms with Gasteiger partial charge in [0.2, 0.25) is 0 Å². The lowest BCUT2D eigenvalue weighted by molar-refractivity contribution is 0.0525. The molecule has 0 aliphatic rings. The number of carboxylic acid groups (broad SMARTS) is 1. The highest BCUT2D eigenvalue weighted by molar-refractivity contribution is 5.91. The molecule has 6 nitrogen and oxygen atoms in total. The van der Waals surface area contributed by atoms with E-state index in [0.29, 0.717) is 18.8 Å². The molecular formula is C19H24N2O4. The number of carboxylic acids is 1. The Morgan fingerprint density at radius 3 is 2.40 bits per heavy atom. The van der Waals surface area contributed by atoms with Crippen LogP contribution < -0.4 is 5.32 Å². The van der Waals surface area contributed by atoms with Crippen molar-refractivity contribution in [2.24, 2.45) is 0 Å². The van der Waals surface area contributed by atoms with Crippen molar-refractivity contribution in [3.05, 3.63) is 47.7 Å². The Bertz CT molecular complexity index is 758. The molecule has 0 spiro atoms. The Hall–Kier alpha value is -2.76. The molecule has 2 aromatic rings. The van der Waals surface area contributed by atoms with E-state index in [9.17, 15) is 14.7 Å². The van der Waals surface area contributed by atoms with E-state index in [0.717, 1.165) is 11.3 Å². The van der Waals surface area contributed by atoms with Gasteiger partial charge in [-0.15, -0.1) is 0 Å². The maximum Gasteiger partial charge on any atom is 0.407 e. The van der Waals surface area contributed by atoms with Crippen LogP contribution in [-0.4, -0.2) is 33.9 Å². The van der Waals surface area contributed by atoms with Crippen LogP contribution in [0.2, 0.25) is 0 Å². The number of amides is 1. The molecular weight excluding hydrogens is 320 g/mol. The van der Waals surface area contributed by atoms with Crippen LogP contribution >= 0.6 is 0 Å². The monoisotopic (exact) mass is 344 g/mol. The van der Waals surface area contributed by atoms with E-state index >= 15 is 0 Å². The van der Waals surface area contributed by atoms with Crippen molar-refractivity contribution >= 4 is 12.1 Å².